The SMILES string of the molecule is COC(OC)S(C)(C)CS. The second-order valence-corrected chi connectivity index (χ2v) is 7.18. The standard InChI is InChI=1S/C6H16O2S2/c1-7-6(8-2)10(3,4)5-9/h6,9H,5H2,1-4H3. The summed E-state index contributed by atoms with van der Waals surface area (Å²) in [5.74, 6) is 0. The Labute approximate surface area is 70.0 Å². The van der Waals surface area contributed by atoms with Gasteiger partial charge in [0.05, 0.1) is 0 Å². The van der Waals surface area contributed by atoms with E-state index in [9.17, 15) is 0 Å². The van der Waals surface area contributed by atoms with Crippen molar-refractivity contribution in [1.29, 1.82) is 0 Å². The first-order valence-corrected chi connectivity index (χ1v) is 6.26. The average Bonchev–Trinajstić information content (AvgIpc) is 1.90. The lowest BCUT2D eigenvalue weighted by Crippen LogP contribution is -2.21. The van der Waals surface area contributed by atoms with Crippen LogP contribution in [-0.4, -0.2) is 37.4 Å². The van der Waals surface area contributed by atoms with E-state index < -0.39 is 10.0 Å². The maximum atomic E-state index is 5.12. The summed E-state index contributed by atoms with van der Waals surface area (Å²) in [7, 11) is 2.48. The first kappa shape index (κ1) is 10.6. The molecule has 0 aromatic rings. The highest BCUT2D eigenvalue weighted by atomic mass is 32.3. The van der Waals surface area contributed by atoms with Gasteiger partial charge < -0.3 is 9.47 Å². The van der Waals surface area contributed by atoms with E-state index in [0.717, 1.165) is 5.08 Å². The Kier molecular flexibility index (Phi) is 4.77. The van der Waals surface area contributed by atoms with Gasteiger partial charge in [0.25, 0.3) is 0 Å². The summed E-state index contributed by atoms with van der Waals surface area (Å²) in [6.07, 6.45) is 4.27. The van der Waals surface area contributed by atoms with Crippen LogP contribution in [0.3, 0.4) is 0 Å². The lowest BCUT2D eigenvalue weighted by atomic mass is 11.3. The zero-order valence-electron chi connectivity index (χ0n) is 6.96. The van der Waals surface area contributed by atoms with Gasteiger partial charge in [0.2, 0.25) is 0 Å². The maximum absolute atomic E-state index is 5.12. The third-order valence-corrected chi connectivity index (χ3v) is 5.33. The predicted octanol–water partition coefficient (Wildman–Crippen LogP) is 1.51. The molecule has 0 saturated heterocycles. The lowest BCUT2D eigenvalue weighted by Gasteiger charge is -2.35. The molecule has 0 saturated carbocycles. The summed E-state index contributed by atoms with van der Waals surface area (Å²) in [5, 5.41) is 0.833. The Bertz CT molecular complexity index is 91.7. The van der Waals surface area contributed by atoms with Gasteiger partial charge >= 0.3 is 0 Å². The highest BCUT2D eigenvalue weighted by Crippen LogP contribution is 2.46. The highest BCUT2D eigenvalue weighted by molar-refractivity contribution is 8.37. The maximum Gasteiger partial charge on any atom is 0.190 e. The zero-order valence-corrected chi connectivity index (χ0v) is 8.67. The predicted molar refractivity (Wildman–Crippen MR) is 51.1 cm³/mol. The number of hydrogen-bond donors (Lipinski definition) is 1. The van der Waals surface area contributed by atoms with E-state index in [1.807, 2.05) is 0 Å². The molecule has 10 heavy (non-hydrogen) atoms. The zero-order chi connectivity index (χ0) is 8.20. The van der Waals surface area contributed by atoms with Crippen molar-refractivity contribution in [2.75, 3.05) is 31.8 Å². The van der Waals surface area contributed by atoms with Gasteiger partial charge in [0.1, 0.15) is 0 Å². The van der Waals surface area contributed by atoms with Gasteiger partial charge in [-0.2, -0.15) is 22.7 Å². The molecule has 0 bridgehead atoms. The van der Waals surface area contributed by atoms with Gasteiger partial charge in [-0.3, -0.25) is 0 Å². The Morgan fingerprint density at radius 2 is 1.70 bits per heavy atom. The fraction of sp³-hybridized carbons (Fsp3) is 1.00. The summed E-state index contributed by atoms with van der Waals surface area (Å²) >= 11 is 4.23. The van der Waals surface area contributed by atoms with Crippen LogP contribution in [0, 0.1) is 0 Å². The third kappa shape index (κ3) is 2.70. The number of thiol groups is 1. The van der Waals surface area contributed by atoms with E-state index in [-0.39, 0.29) is 5.62 Å². The van der Waals surface area contributed by atoms with Crippen LogP contribution < -0.4 is 0 Å². The fourth-order valence-corrected chi connectivity index (χ4v) is 2.21. The van der Waals surface area contributed by atoms with Crippen LogP contribution in [0.25, 0.3) is 0 Å². The molecule has 0 heterocycles. The second-order valence-electron chi connectivity index (χ2n) is 2.51. The second kappa shape index (κ2) is 4.49. The van der Waals surface area contributed by atoms with E-state index in [1.165, 1.54) is 0 Å². The molecule has 0 unspecified atom stereocenters. The average molecular weight is 184 g/mol. The molecule has 4 heteroatoms. The molecule has 0 amide bonds. The molecular formula is C6H16O2S2. The fourth-order valence-electron chi connectivity index (χ4n) is 0.678. The molecule has 0 fully saturated rings. The van der Waals surface area contributed by atoms with E-state index in [0.29, 0.717) is 0 Å². The normalized spacial score (nSPS) is 14.2. The molecule has 0 aromatic heterocycles. The van der Waals surface area contributed by atoms with Crippen molar-refractivity contribution >= 4 is 22.7 Å². The molecule has 0 aromatic carbocycles. The summed E-state index contributed by atoms with van der Waals surface area (Å²) in [5.41, 5.74) is -0.0787. The number of hydrogen-bond acceptors (Lipinski definition) is 3. The number of methoxy groups -OCH3 is 2. The molecule has 0 N–H and O–H groups in total. The Morgan fingerprint density at radius 3 is 1.80 bits per heavy atom. The molecule has 64 valence electrons. The van der Waals surface area contributed by atoms with Gasteiger partial charge in [0, 0.05) is 19.3 Å². The summed E-state index contributed by atoms with van der Waals surface area (Å²) in [6.45, 7) is 0. The summed E-state index contributed by atoms with van der Waals surface area (Å²) in [4.78, 5) is 0. The minimum atomic E-state index is -0.841. The lowest BCUT2D eigenvalue weighted by molar-refractivity contribution is -0.0371. The smallest absolute Gasteiger partial charge is 0.190 e. The van der Waals surface area contributed by atoms with Gasteiger partial charge in [-0.25, -0.2) is 0 Å². The van der Waals surface area contributed by atoms with Crippen LogP contribution >= 0.6 is 22.7 Å². The Balaban J connectivity index is 3.97. The van der Waals surface area contributed by atoms with E-state index in [2.05, 4.69) is 25.1 Å². The molecule has 2 nitrogen and oxygen atoms in total. The topological polar surface area (TPSA) is 18.5 Å². The molecule has 0 aliphatic heterocycles. The van der Waals surface area contributed by atoms with Crippen molar-refractivity contribution in [3.05, 3.63) is 0 Å². The third-order valence-electron chi connectivity index (χ3n) is 1.24. The van der Waals surface area contributed by atoms with Crippen LogP contribution in [0.1, 0.15) is 0 Å². The first-order valence-electron chi connectivity index (χ1n) is 2.95. The Morgan fingerprint density at radius 1 is 1.30 bits per heavy atom. The van der Waals surface area contributed by atoms with E-state index in [4.69, 9.17) is 9.47 Å². The van der Waals surface area contributed by atoms with Crippen molar-refractivity contribution in [2.45, 2.75) is 5.62 Å². The quantitative estimate of drug-likeness (QED) is 0.527. The number of rotatable bonds is 4. The minimum Gasteiger partial charge on any atom is -0.348 e. The van der Waals surface area contributed by atoms with Crippen molar-refractivity contribution in [2.24, 2.45) is 0 Å². The van der Waals surface area contributed by atoms with Crippen molar-refractivity contribution < 1.29 is 9.47 Å². The van der Waals surface area contributed by atoms with Crippen molar-refractivity contribution in [3.8, 4) is 0 Å². The molecule has 0 aliphatic carbocycles. The van der Waals surface area contributed by atoms with E-state index >= 15 is 0 Å². The molecule has 0 atom stereocenters. The van der Waals surface area contributed by atoms with Crippen LogP contribution in [0.15, 0.2) is 0 Å². The van der Waals surface area contributed by atoms with Gasteiger partial charge in [-0.05, 0) is 12.5 Å². The van der Waals surface area contributed by atoms with Crippen molar-refractivity contribution in [3.63, 3.8) is 0 Å². The monoisotopic (exact) mass is 184 g/mol. The first-order chi connectivity index (χ1) is 4.58. The molecular weight excluding hydrogens is 168 g/mol. The molecule has 0 radical (unpaired) electrons. The van der Waals surface area contributed by atoms with Gasteiger partial charge in [0.15, 0.2) is 5.62 Å². The largest absolute Gasteiger partial charge is 0.348 e. The van der Waals surface area contributed by atoms with Crippen molar-refractivity contribution in [1.82, 2.24) is 0 Å². The van der Waals surface area contributed by atoms with Gasteiger partial charge in [-0.15, -0.1) is 0 Å². The van der Waals surface area contributed by atoms with E-state index in [1.54, 1.807) is 14.2 Å². The Hall–Kier alpha value is 0.620. The molecule has 0 spiro atoms. The minimum absolute atomic E-state index is 0.0787. The number of ether oxygens (including phenoxy) is 2. The van der Waals surface area contributed by atoms with Crippen LogP contribution in [0.4, 0.5) is 0 Å². The van der Waals surface area contributed by atoms with Crippen LogP contribution in [0.5, 0.6) is 0 Å². The summed E-state index contributed by atoms with van der Waals surface area (Å²) in [6, 6.07) is 0. The van der Waals surface area contributed by atoms with Gasteiger partial charge in [-0.1, -0.05) is 0 Å². The van der Waals surface area contributed by atoms with Crippen LogP contribution in [-0.2, 0) is 9.47 Å². The van der Waals surface area contributed by atoms with Crippen LogP contribution in [0.2, 0.25) is 0 Å². The highest BCUT2D eigenvalue weighted by Gasteiger charge is 2.21. The molecule has 0 aliphatic rings. The summed E-state index contributed by atoms with van der Waals surface area (Å²) < 4.78 is 10.2. The molecule has 0 rings (SSSR count).